The van der Waals surface area contributed by atoms with E-state index in [2.05, 4.69) is 13.0 Å². The van der Waals surface area contributed by atoms with Crippen LogP contribution in [-0.4, -0.2) is 69.5 Å². The Kier molecular flexibility index (Phi) is 12.2. The molecule has 1 saturated heterocycles. The van der Waals surface area contributed by atoms with E-state index in [0.29, 0.717) is 0 Å². The molecule has 0 saturated carbocycles. The van der Waals surface area contributed by atoms with Gasteiger partial charge in [-0.05, 0) is 57.1 Å². The van der Waals surface area contributed by atoms with Crippen molar-refractivity contribution in [1.29, 1.82) is 0 Å². The lowest BCUT2D eigenvalue weighted by molar-refractivity contribution is -0.157. The van der Waals surface area contributed by atoms with Gasteiger partial charge in [-0.3, -0.25) is 9.59 Å². The molecule has 8 nitrogen and oxygen atoms in total. The summed E-state index contributed by atoms with van der Waals surface area (Å²) in [7, 11) is 0. The van der Waals surface area contributed by atoms with Gasteiger partial charge in [0.05, 0.1) is 30.8 Å². The third kappa shape index (κ3) is 9.95. The lowest BCUT2D eigenvalue weighted by Gasteiger charge is -2.32. The van der Waals surface area contributed by atoms with Crippen molar-refractivity contribution < 1.29 is 39.1 Å². The number of aliphatic hydroxyl groups excluding tert-OH is 2. The van der Waals surface area contributed by atoms with Crippen LogP contribution < -0.4 is 0 Å². The van der Waals surface area contributed by atoms with Crippen LogP contribution in [0.1, 0.15) is 80.6 Å². The second-order valence-electron chi connectivity index (χ2n) is 11.4. The van der Waals surface area contributed by atoms with E-state index in [0.717, 1.165) is 18.4 Å². The van der Waals surface area contributed by atoms with E-state index in [4.69, 9.17) is 14.2 Å². The van der Waals surface area contributed by atoms with Crippen LogP contribution in [-0.2, 0) is 23.8 Å². The minimum absolute atomic E-state index is 0.105. The maximum absolute atomic E-state index is 12.6. The third-order valence-corrected chi connectivity index (χ3v) is 7.63. The van der Waals surface area contributed by atoms with E-state index >= 15 is 0 Å². The Labute approximate surface area is 227 Å². The average molecular weight is 537 g/mol. The maximum Gasteiger partial charge on any atom is 0.309 e. The number of carbonyl (C=O) groups excluding carboxylic acids is 2. The van der Waals surface area contributed by atoms with Crippen LogP contribution in [0, 0.1) is 17.8 Å². The number of rotatable bonds is 9. The predicted molar refractivity (Wildman–Crippen MR) is 145 cm³/mol. The van der Waals surface area contributed by atoms with Crippen molar-refractivity contribution >= 4 is 11.9 Å². The van der Waals surface area contributed by atoms with Gasteiger partial charge < -0.3 is 29.5 Å². The van der Waals surface area contributed by atoms with Gasteiger partial charge in [0.15, 0.2) is 0 Å². The van der Waals surface area contributed by atoms with E-state index < -0.39 is 35.9 Å². The zero-order valence-electron chi connectivity index (χ0n) is 24.0. The summed E-state index contributed by atoms with van der Waals surface area (Å²) >= 11 is 0. The minimum atomic E-state index is -1.40. The number of allylic oxidation sites excluding steroid dienone is 3. The van der Waals surface area contributed by atoms with Crippen LogP contribution in [0.15, 0.2) is 36.0 Å². The molecule has 2 aliphatic rings. The number of ether oxygens (including phenoxy) is 3. The first kappa shape index (κ1) is 32.2. The van der Waals surface area contributed by atoms with Crippen molar-refractivity contribution in [2.75, 3.05) is 0 Å². The van der Waals surface area contributed by atoms with Crippen LogP contribution in [0.4, 0.5) is 0 Å². The van der Waals surface area contributed by atoms with Crippen molar-refractivity contribution in [2.24, 2.45) is 17.8 Å². The number of epoxide rings is 1. The highest BCUT2D eigenvalue weighted by Gasteiger charge is 2.45. The highest BCUT2D eigenvalue weighted by atomic mass is 16.6. The molecule has 0 aromatic carbocycles. The van der Waals surface area contributed by atoms with Gasteiger partial charge in [0, 0.05) is 18.8 Å². The van der Waals surface area contributed by atoms with Gasteiger partial charge in [0.2, 0.25) is 0 Å². The van der Waals surface area contributed by atoms with E-state index in [9.17, 15) is 24.9 Å². The topological polar surface area (TPSA) is 126 Å². The van der Waals surface area contributed by atoms with E-state index in [1.165, 1.54) is 6.92 Å². The molecule has 0 spiro atoms. The molecule has 0 aromatic heterocycles. The number of hydrogen-bond acceptors (Lipinski definition) is 8. The van der Waals surface area contributed by atoms with Crippen molar-refractivity contribution in [2.45, 2.75) is 123 Å². The fourth-order valence-electron chi connectivity index (χ4n) is 4.97. The van der Waals surface area contributed by atoms with Crippen LogP contribution in [0.25, 0.3) is 0 Å². The first-order valence-corrected chi connectivity index (χ1v) is 13.9. The van der Waals surface area contributed by atoms with Gasteiger partial charge >= 0.3 is 11.9 Å². The molecule has 0 aromatic rings. The molecule has 3 N–H and O–H groups in total. The van der Waals surface area contributed by atoms with Crippen LogP contribution in [0.3, 0.4) is 0 Å². The quantitative estimate of drug-likeness (QED) is 0.175. The summed E-state index contributed by atoms with van der Waals surface area (Å²) in [6.07, 6.45) is 8.50. The molecule has 38 heavy (non-hydrogen) atoms. The Morgan fingerprint density at radius 2 is 1.97 bits per heavy atom. The number of carbonyl (C=O) groups is 2. The molecular weight excluding hydrogens is 488 g/mol. The summed E-state index contributed by atoms with van der Waals surface area (Å²) in [5, 5.41) is 31.3. The molecule has 0 bridgehead atoms. The zero-order valence-corrected chi connectivity index (χ0v) is 24.0. The molecule has 2 rings (SSSR count). The predicted octanol–water partition coefficient (Wildman–Crippen LogP) is 4.02. The summed E-state index contributed by atoms with van der Waals surface area (Å²) in [5.41, 5.74) is -0.580. The molecular formula is C30H48O8. The minimum Gasteiger partial charge on any atom is -0.457 e. The third-order valence-electron chi connectivity index (χ3n) is 7.63. The first-order valence-electron chi connectivity index (χ1n) is 13.9. The molecule has 0 aliphatic carbocycles. The van der Waals surface area contributed by atoms with Gasteiger partial charge in [-0.2, -0.15) is 0 Å². The van der Waals surface area contributed by atoms with Crippen LogP contribution in [0.2, 0.25) is 0 Å². The molecule has 216 valence electrons. The molecule has 0 unspecified atom stereocenters. The van der Waals surface area contributed by atoms with Gasteiger partial charge in [-0.15, -0.1) is 0 Å². The Morgan fingerprint density at radius 1 is 1.29 bits per heavy atom. The first-order chi connectivity index (χ1) is 17.7. The van der Waals surface area contributed by atoms with E-state index in [1.807, 2.05) is 39.8 Å². The summed E-state index contributed by atoms with van der Waals surface area (Å²) in [6.45, 7) is 12.7. The summed E-state index contributed by atoms with van der Waals surface area (Å²) < 4.78 is 16.9. The fourth-order valence-corrected chi connectivity index (χ4v) is 4.97. The Morgan fingerprint density at radius 3 is 2.61 bits per heavy atom. The smallest absolute Gasteiger partial charge is 0.309 e. The van der Waals surface area contributed by atoms with E-state index in [-0.39, 0.29) is 55.3 Å². The highest BCUT2D eigenvalue weighted by molar-refractivity contribution is 5.70. The Bertz CT molecular complexity index is 875. The summed E-state index contributed by atoms with van der Waals surface area (Å²) in [6, 6.07) is 0. The van der Waals surface area contributed by atoms with Crippen molar-refractivity contribution in [3.05, 3.63) is 36.0 Å². The van der Waals surface area contributed by atoms with Crippen LogP contribution >= 0.6 is 0 Å². The second-order valence-corrected chi connectivity index (χ2v) is 11.4. The molecule has 0 amide bonds. The Balaban J connectivity index is 2.12. The maximum atomic E-state index is 12.6. The lowest BCUT2D eigenvalue weighted by atomic mass is 9.88. The van der Waals surface area contributed by atoms with Gasteiger partial charge in [0.25, 0.3) is 0 Å². The Hall–Kier alpha value is -2.00. The van der Waals surface area contributed by atoms with Gasteiger partial charge in [0.1, 0.15) is 17.8 Å². The van der Waals surface area contributed by atoms with Crippen molar-refractivity contribution in [3.8, 4) is 0 Å². The molecule has 2 heterocycles. The van der Waals surface area contributed by atoms with Crippen LogP contribution in [0.5, 0.6) is 0 Å². The standard InChI is InChI=1S/C30H48O8/c1-8-24(33)21(5)29-25(37-29)16-18(2)10-9-11-19(3)28-20(4)12-13-26(36-22(6)31)30(7,35)15-14-23(32)17-27(34)38-28/h9-13,18,20-21,23-26,28-29,32-33,35H,8,14-17H2,1-7H3/t18-,20+,21-,23-,24+,25-,26+,28-,29-,30-/m1/s1. The molecule has 1 fully saturated rings. The van der Waals surface area contributed by atoms with E-state index in [1.54, 1.807) is 19.1 Å². The average Bonchev–Trinajstić information content (AvgIpc) is 3.60. The van der Waals surface area contributed by atoms with Gasteiger partial charge in [-0.1, -0.05) is 52.0 Å². The summed E-state index contributed by atoms with van der Waals surface area (Å²) in [4.78, 5) is 24.2. The number of cyclic esters (lactones) is 1. The monoisotopic (exact) mass is 536 g/mol. The largest absolute Gasteiger partial charge is 0.457 e. The number of esters is 2. The number of hydrogen-bond donors (Lipinski definition) is 3. The summed E-state index contributed by atoms with van der Waals surface area (Å²) in [5.74, 6) is -0.921. The fraction of sp³-hybridized carbons (Fsp3) is 0.733. The molecule has 0 radical (unpaired) electrons. The SMILES string of the molecule is CC[C@H](O)[C@@H](C)[C@H]1O[C@@H]1C[C@H](C)C=CC=C(C)[C@H]1OC(=O)C[C@H](O)CC[C@@](C)(O)[C@@H](OC(C)=O)C=C[C@@H]1C. The lowest BCUT2D eigenvalue weighted by Crippen LogP contribution is -2.42. The number of aliphatic hydroxyl groups is 3. The molecule has 2 aliphatic heterocycles. The van der Waals surface area contributed by atoms with Gasteiger partial charge in [-0.25, -0.2) is 0 Å². The van der Waals surface area contributed by atoms with Crippen molar-refractivity contribution in [1.82, 2.24) is 0 Å². The van der Waals surface area contributed by atoms with Crippen molar-refractivity contribution in [3.63, 3.8) is 0 Å². The normalized spacial score (nSPS) is 35.5. The molecule has 10 atom stereocenters. The molecule has 8 heteroatoms. The zero-order chi connectivity index (χ0) is 28.6. The highest BCUT2D eigenvalue weighted by Crippen LogP contribution is 2.36. The second kappa shape index (κ2) is 14.4.